The summed E-state index contributed by atoms with van der Waals surface area (Å²) < 4.78 is 0.363. The van der Waals surface area contributed by atoms with E-state index in [2.05, 4.69) is 35.9 Å². The van der Waals surface area contributed by atoms with Crippen LogP contribution < -0.4 is 5.56 Å². The molecule has 0 aliphatic carbocycles. The summed E-state index contributed by atoms with van der Waals surface area (Å²) in [5.74, 6) is 0.354. The lowest BCUT2D eigenvalue weighted by Crippen LogP contribution is -2.04. The van der Waals surface area contributed by atoms with Crippen LogP contribution in [0.15, 0.2) is 45.1 Å². The summed E-state index contributed by atoms with van der Waals surface area (Å²) in [6.45, 7) is 0. The predicted octanol–water partition coefficient (Wildman–Crippen LogP) is 1.68. The van der Waals surface area contributed by atoms with Crippen molar-refractivity contribution in [2.45, 2.75) is 0 Å². The fourth-order valence-electron chi connectivity index (χ4n) is 1.07. The lowest BCUT2D eigenvalue weighted by atomic mass is 10.3. The molecule has 2 heterocycles. The monoisotopic (exact) mass is 278 g/mol. The van der Waals surface area contributed by atoms with Gasteiger partial charge in [-0.3, -0.25) is 9.78 Å². The zero-order chi connectivity index (χ0) is 11.4. The molecule has 0 aromatic carbocycles. The van der Waals surface area contributed by atoms with Crippen LogP contribution in [0.3, 0.4) is 0 Å². The van der Waals surface area contributed by atoms with Gasteiger partial charge in [-0.2, -0.15) is 0 Å². The minimum Gasteiger partial charge on any atom is -0.301 e. The lowest BCUT2D eigenvalue weighted by molar-refractivity contribution is 1.06. The Morgan fingerprint density at radius 1 is 1.38 bits per heavy atom. The molecule has 0 aliphatic heterocycles. The van der Waals surface area contributed by atoms with Crippen molar-refractivity contribution in [2.75, 3.05) is 0 Å². The third-order valence-corrected chi connectivity index (χ3v) is 2.13. The highest BCUT2D eigenvalue weighted by molar-refractivity contribution is 9.10. The summed E-state index contributed by atoms with van der Waals surface area (Å²) in [5.41, 5.74) is 0.650. The highest BCUT2D eigenvalue weighted by atomic mass is 79.9. The zero-order valence-electron chi connectivity index (χ0n) is 8.09. The largest absolute Gasteiger partial charge is 0.301 e. The van der Waals surface area contributed by atoms with Gasteiger partial charge in [0, 0.05) is 24.7 Å². The molecule has 2 aromatic rings. The van der Waals surface area contributed by atoms with Gasteiger partial charge in [0.1, 0.15) is 0 Å². The maximum absolute atomic E-state index is 11.1. The summed E-state index contributed by atoms with van der Waals surface area (Å²) in [5, 5.41) is 0. The minimum absolute atomic E-state index is 0.247. The summed E-state index contributed by atoms with van der Waals surface area (Å²) in [4.78, 5) is 25.6. The van der Waals surface area contributed by atoms with Gasteiger partial charge in [-0.25, -0.2) is 9.98 Å². The van der Waals surface area contributed by atoms with Crippen molar-refractivity contribution in [3.05, 3.63) is 51.2 Å². The van der Waals surface area contributed by atoms with Gasteiger partial charge >= 0.3 is 0 Å². The van der Waals surface area contributed by atoms with E-state index >= 15 is 0 Å². The maximum Gasteiger partial charge on any atom is 0.253 e. The van der Waals surface area contributed by atoms with Crippen molar-refractivity contribution in [1.29, 1.82) is 0 Å². The van der Waals surface area contributed by atoms with Crippen LogP contribution in [-0.2, 0) is 0 Å². The van der Waals surface area contributed by atoms with Gasteiger partial charge in [-0.15, -0.1) is 0 Å². The van der Waals surface area contributed by atoms with Crippen molar-refractivity contribution >= 4 is 28.0 Å². The molecular formula is C10H7BrN4O. The number of aromatic amines is 1. The van der Waals surface area contributed by atoms with Gasteiger partial charge in [0.15, 0.2) is 10.6 Å². The van der Waals surface area contributed by atoms with Crippen molar-refractivity contribution in [3.63, 3.8) is 0 Å². The summed E-state index contributed by atoms with van der Waals surface area (Å²) in [6, 6.07) is 4.94. The highest BCUT2D eigenvalue weighted by Crippen LogP contribution is 2.07. The second kappa shape index (κ2) is 4.80. The van der Waals surface area contributed by atoms with Crippen LogP contribution in [0.25, 0.3) is 0 Å². The van der Waals surface area contributed by atoms with E-state index in [1.807, 2.05) is 12.1 Å². The van der Waals surface area contributed by atoms with Gasteiger partial charge in [-0.1, -0.05) is 0 Å². The Bertz CT molecular complexity index is 565. The van der Waals surface area contributed by atoms with E-state index in [0.29, 0.717) is 10.6 Å². The standard InChI is InChI=1S/C10H7BrN4O/c11-10-14-8(5-9(16)15-10)13-6-7-1-3-12-4-2-7/h1-6H,(H,14,15,16)/b13-6-. The van der Waals surface area contributed by atoms with Crippen LogP contribution >= 0.6 is 15.9 Å². The van der Waals surface area contributed by atoms with E-state index in [1.54, 1.807) is 18.6 Å². The Kier molecular flexibility index (Phi) is 3.21. The number of H-pyrrole nitrogens is 1. The first-order valence-corrected chi connectivity index (χ1v) is 5.24. The fourth-order valence-corrected chi connectivity index (χ4v) is 1.45. The van der Waals surface area contributed by atoms with Crippen LogP contribution in [0.4, 0.5) is 5.82 Å². The van der Waals surface area contributed by atoms with Crippen LogP contribution in [-0.4, -0.2) is 21.2 Å². The van der Waals surface area contributed by atoms with E-state index in [1.165, 1.54) is 6.07 Å². The Labute approximate surface area is 99.4 Å². The first-order chi connectivity index (χ1) is 7.74. The van der Waals surface area contributed by atoms with Gasteiger partial charge in [0.2, 0.25) is 0 Å². The Balaban J connectivity index is 2.27. The predicted molar refractivity (Wildman–Crippen MR) is 64.0 cm³/mol. The average molecular weight is 279 g/mol. The van der Waals surface area contributed by atoms with Gasteiger partial charge in [0.05, 0.1) is 0 Å². The third kappa shape index (κ3) is 2.83. The second-order valence-corrected chi connectivity index (χ2v) is 3.68. The van der Waals surface area contributed by atoms with Crippen molar-refractivity contribution in [3.8, 4) is 0 Å². The molecule has 80 valence electrons. The average Bonchev–Trinajstić information content (AvgIpc) is 2.27. The number of halogens is 1. The molecule has 0 radical (unpaired) electrons. The van der Waals surface area contributed by atoms with Crippen molar-refractivity contribution in [2.24, 2.45) is 4.99 Å². The smallest absolute Gasteiger partial charge is 0.253 e. The first-order valence-electron chi connectivity index (χ1n) is 4.45. The Morgan fingerprint density at radius 3 is 2.81 bits per heavy atom. The number of hydrogen-bond acceptors (Lipinski definition) is 4. The summed E-state index contributed by atoms with van der Waals surface area (Å²) in [7, 11) is 0. The molecule has 0 saturated carbocycles. The number of pyridine rings is 1. The number of nitrogens with one attached hydrogen (secondary N) is 1. The van der Waals surface area contributed by atoms with E-state index < -0.39 is 0 Å². The molecule has 1 N–H and O–H groups in total. The Morgan fingerprint density at radius 2 is 2.12 bits per heavy atom. The molecule has 6 heteroatoms. The highest BCUT2D eigenvalue weighted by Gasteiger charge is 1.95. The number of hydrogen-bond donors (Lipinski definition) is 1. The molecule has 0 unspecified atom stereocenters. The van der Waals surface area contributed by atoms with Crippen LogP contribution in [0.5, 0.6) is 0 Å². The van der Waals surface area contributed by atoms with Gasteiger partial charge < -0.3 is 4.98 Å². The van der Waals surface area contributed by atoms with Gasteiger partial charge in [-0.05, 0) is 33.6 Å². The number of aliphatic imine (C=N–C) groups is 1. The molecule has 2 rings (SSSR count). The molecular weight excluding hydrogens is 272 g/mol. The quantitative estimate of drug-likeness (QED) is 0.671. The maximum atomic E-state index is 11.1. The normalized spacial score (nSPS) is 10.8. The SMILES string of the molecule is O=c1cc(/N=C\c2ccncc2)nc(Br)[nH]1. The number of aromatic nitrogens is 3. The first kappa shape index (κ1) is 10.7. The molecule has 0 aliphatic rings. The third-order valence-electron chi connectivity index (χ3n) is 1.75. The minimum atomic E-state index is -0.247. The molecule has 0 spiro atoms. The van der Waals surface area contributed by atoms with E-state index in [4.69, 9.17) is 0 Å². The van der Waals surface area contributed by atoms with Crippen molar-refractivity contribution < 1.29 is 0 Å². The van der Waals surface area contributed by atoms with E-state index in [9.17, 15) is 4.79 Å². The molecule has 0 amide bonds. The molecule has 0 atom stereocenters. The zero-order valence-corrected chi connectivity index (χ0v) is 9.68. The van der Waals surface area contributed by atoms with Crippen molar-refractivity contribution in [1.82, 2.24) is 15.0 Å². The lowest BCUT2D eigenvalue weighted by Gasteiger charge is -1.93. The molecule has 0 fully saturated rings. The number of nitrogens with zero attached hydrogens (tertiary/aromatic N) is 3. The Hall–Kier alpha value is -1.82. The van der Waals surface area contributed by atoms with Crippen LogP contribution in [0, 0.1) is 0 Å². The summed E-state index contributed by atoms with van der Waals surface area (Å²) >= 11 is 3.09. The molecule has 2 aromatic heterocycles. The summed E-state index contributed by atoms with van der Waals surface area (Å²) in [6.07, 6.45) is 4.96. The second-order valence-electron chi connectivity index (χ2n) is 2.93. The van der Waals surface area contributed by atoms with Crippen LogP contribution in [0.1, 0.15) is 5.56 Å². The molecule has 5 nitrogen and oxygen atoms in total. The fraction of sp³-hybridized carbons (Fsp3) is 0. The molecule has 0 saturated heterocycles. The van der Waals surface area contributed by atoms with E-state index in [0.717, 1.165) is 5.56 Å². The van der Waals surface area contributed by atoms with E-state index in [-0.39, 0.29) is 5.56 Å². The van der Waals surface area contributed by atoms with Crippen LogP contribution in [0.2, 0.25) is 0 Å². The van der Waals surface area contributed by atoms with Gasteiger partial charge in [0.25, 0.3) is 5.56 Å². The topological polar surface area (TPSA) is 71.0 Å². The number of rotatable bonds is 2. The molecule has 0 bridgehead atoms. The molecule has 16 heavy (non-hydrogen) atoms.